The molecule has 5 aromatic carbocycles. The number of nitrogens with zero attached hydrogens (tertiary/aromatic N) is 1. The van der Waals surface area contributed by atoms with E-state index in [2.05, 4.69) is 166 Å². The first-order chi connectivity index (χ1) is 21.8. The molecule has 0 saturated heterocycles. The summed E-state index contributed by atoms with van der Waals surface area (Å²) in [6, 6.07) is 51.4. The average molecular weight is 627 g/mol. The second-order valence-corrected chi connectivity index (χ2v) is 17.4. The SMILES string of the molecule is CCc1c(Cl)ccc2c1[c]c(CCO[Si](c1ccccc1)(c1ccccc1)C(C)(C)C)n2C(c1ccccc1)c1ccccc1. The van der Waals surface area contributed by atoms with Crippen LogP contribution < -0.4 is 10.4 Å². The van der Waals surface area contributed by atoms with Crippen LogP contribution in [0, 0.1) is 6.07 Å². The van der Waals surface area contributed by atoms with Gasteiger partial charge in [0.2, 0.25) is 0 Å². The molecule has 0 fully saturated rings. The summed E-state index contributed by atoms with van der Waals surface area (Å²) in [7, 11) is -2.69. The highest BCUT2D eigenvalue weighted by Gasteiger charge is 2.50. The Labute approximate surface area is 274 Å². The molecule has 0 aliphatic heterocycles. The predicted molar refractivity (Wildman–Crippen MR) is 193 cm³/mol. The van der Waals surface area contributed by atoms with Gasteiger partial charge in [-0.25, -0.2) is 0 Å². The minimum Gasteiger partial charge on any atom is -0.407 e. The molecule has 0 atom stereocenters. The van der Waals surface area contributed by atoms with Gasteiger partial charge in [-0.2, -0.15) is 0 Å². The van der Waals surface area contributed by atoms with E-state index in [0.717, 1.165) is 40.0 Å². The normalized spacial score (nSPS) is 12.2. The zero-order chi connectivity index (χ0) is 31.4. The third-order valence-electron chi connectivity index (χ3n) is 8.97. The minimum atomic E-state index is -2.69. The van der Waals surface area contributed by atoms with Gasteiger partial charge in [-0.15, -0.1) is 0 Å². The third kappa shape index (κ3) is 5.93. The second kappa shape index (κ2) is 13.2. The highest BCUT2D eigenvalue weighted by Crippen LogP contribution is 2.39. The van der Waals surface area contributed by atoms with E-state index in [1.165, 1.54) is 21.5 Å². The molecule has 45 heavy (non-hydrogen) atoms. The van der Waals surface area contributed by atoms with Crippen molar-refractivity contribution in [2.45, 2.75) is 51.6 Å². The smallest absolute Gasteiger partial charge is 0.261 e. The fraction of sp³-hybridized carbons (Fsp3) is 0.220. The van der Waals surface area contributed by atoms with Crippen molar-refractivity contribution in [3.63, 3.8) is 0 Å². The predicted octanol–water partition coefficient (Wildman–Crippen LogP) is 9.41. The van der Waals surface area contributed by atoms with Gasteiger partial charge in [0.25, 0.3) is 8.32 Å². The van der Waals surface area contributed by atoms with Gasteiger partial charge < -0.3 is 8.99 Å². The van der Waals surface area contributed by atoms with Crippen LogP contribution >= 0.6 is 11.6 Å². The maximum Gasteiger partial charge on any atom is 0.261 e. The van der Waals surface area contributed by atoms with Crippen molar-refractivity contribution in [3.05, 3.63) is 167 Å². The molecule has 6 aromatic rings. The zero-order valence-corrected chi connectivity index (χ0v) is 28.4. The molecular formula is C41H41ClNOSi. The van der Waals surface area contributed by atoms with E-state index in [4.69, 9.17) is 16.0 Å². The molecule has 227 valence electrons. The van der Waals surface area contributed by atoms with Crippen LogP contribution in [0.15, 0.2) is 133 Å². The number of hydrogen-bond acceptors (Lipinski definition) is 1. The molecule has 0 unspecified atom stereocenters. The largest absolute Gasteiger partial charge is 0.407 e. The number of aryl methyl sites for hydroxylation is 1. The molecule has 4 heteroatoms. The highest BCUT2D eigenvalue weighted by molar-refractivity contribution is 6.99. The fourth-order valence-electron chi connectivity index (χ4n) is 6.95. The van der Waals surface area contributed by atoms with Crippen LogP contribution in [-0.4, -0.2) is 19.5 Å². The van der Waals surface area contributed by atoms with Gasteiger partial charge in [0, 0.05) is 35.2 Å². The van der Waals surface area contributed by atoms with Gasteiger partial charge >= 0.3 is 0 Å². The van der Waals surface area contributed by atoms with E-state index in [1.54, 1.807) is 0 Å². The van der Waals surface area contributed by atoms with Crippen LogP contribution in [0.2, 0.25) is 10.1 Å². The van der Waals surface area contributed by atoms with Gasteiger partial charge in [0.1, 0.15) is 0 Å². The summed E-state index contributed by atoms with van der Waals surface area (Å²) < 4.78 is 9.85. The quantitative estimate of drug-likeness (QED) is 0.138. The van der Waals surface area contributed by atoms with Gasteiger partial charge in [-0.05, 0) is 50.7 Å². The van der Waals surface area contributed by atoms with E-state index in [0.29, 0.717) is 6.61 Å². The van der Waals surface area contributed by atoms with Gasteiger partial charge in [0.15, 0.2) is 0 Å². The Morgan fingerprint density at radius 2 is 1.20 bits per heavy atom. The third-order valence-corrected chi connectivity index (χ3v) is 14.4. The maximum atomic E-state index is 7.37. The van der Waals surface area contributed by atoms with E-state index in [-0.39, 0.29) is 11.1 Å². The molecule has 0 aliphatic carbocycles. The number of fused-ring (bicyclic) bond motifs is 1. The standard InChI is InChI=1S/C41H41ClNOSi/c1-5-36-37-30-33(28-29-44-45(41(2,3)4,34-22-14-8-15-23-34)35-24-16-9-17-25-35)43(39(37)27-26-38(36)42)40(31-18-10-6-11-19-31)32-20-12-7-13-21-32/h6-27,40H,5,28-29H2,1-4H3. The molecule has 0 amide bonds. The monoisotopic (exact) mass is 626 g/mol. The summed E-state index contributed by atoms with van der Waals surface area (Å²) in [5.74, 6) is 0. The molecule has 1 radical (unpaired) electrons. The molecule has 0 bridgehead atoms. The van der Waals surface area contributed by atoms with Crippen molar-refractivity contribution >= 4 is 41.2 Å². The number of aromatic nitrogens is 1. The molecule has 0 aliphatic rings. The summed E-state index contributed by atoms with van der Waals surface area (Å²) in [6.07, 6.45) is 1.56. The van der Waals surface area contributed by atoms with Crippen molar-refractivity contribution in [2.24, 2.45) is 0 Å². The van der Waals surface area contributed by atoms with Crippen LogP contribution in [0.4, 0.5) is 0 Å². The number of rotatable bonds is 10. The van der Waals surface area contributed by atoms with Crippen LogP contribution in [-0.2, 0) is 17.3 Å². The number of benzene rings is 5. The molecule has 6 rings (SSSR count). The average Bonchev–Trinajstić information content (AvgIpc) is 3.42. The number of halogens is 1. The van der Waals surface area contributed by atoms with E-state index in [9.17, 15) is 0 Å². The van der Waals surface area contributed by atoms with Crippen molar-refractivity contribution < 1.29 is 4.43 Å². The Morgan fingerprint density at radius 3 is 1.67 bits per heavy atom. The van der Waals surface area contributed by atoms with Crippen molar-refractivity contribution in [1.82, 2.24) is 4.57 Å². The Morgan fingerprint density at radius 1 is 0.711 bits per heavy atom. The van der Waals surface area contributed by atoms with E-state index >= 15 is 0 Å². The minimum absolute atomic E-state index is 0.0186. The summed E-state index contributed by atoms with van der Waals surface area (Å²) in [5, 5.41) is 4.39. The molecular weight excluding hydrogens is 586 g/mol. The van der Waals surface area contributed by atoms with Crippen molar-refractivity contribution in [3.8, 4) is 0 Å². The Kier molecular flexibility index (Phi) is 9.14. The molecule has 2 nitrogen and oxygen atoms in total. The second-order valence-electron chi connectivity index (χ2n) is 12.7. The van der Waals surface area contributed by atoms with Crippen molar-refractivity contribution in [2.75, 3.05) is 6.61 Å². The zero-order valence-electron chi connectivity index (χ0n) is 26.6. The first-order valence-electron chi connectivity index (χ1n) is 15.9. The Bertz CT molecular complexity index is 1770. The lowest BCUT2D eigenvalue weighted by Crippen LogP contribution is -2.66. The molecule has 0 saturated carbocycles. The summed E-state index contributed by atoms with van der Waals surface area (Å²) >= 11 is 6.78. The Hall–Kier alpha value is -3.89. The summed E-state index contributed by atoms with van der Waals surface area (Å²) in [6.45, 7) is 9.74. The van der Waals surface area contributed by atoms with Gasteiger partial charge in [-0.1, -0.05) is 161 Å². The van der Waals surface area contributed by atoms with Crippen LogP contribution in [0.1, 0.15) is 56.1 Å². The van der Waals surface area contributed by atoms with E-state index in [1.807, 2.05) is 6.07 Å². The molecule has 1 aromatic heterocycles. The molecule has 0 N–H and O–H groups in total. The summed E-state index contributed by atoms with van der Waals surface area (Å²) in [4.78, 5) is 0. The molecule has 1 heterocycles. The van der Waals surface area contributed by atoms with Crippen LogP contribution in [0.3, 0.4) is 0 Å². The van der Waals surface area contributed by atoms with Crippen LogP contribution in [0.25, 0.3) is 10.9 Å². The van der Waals surface area contributed by atoms with Crippen LogP contribution in [0.5, 0.6) is 0 Å². The lowest BCUT2D eigenvalue weighted by atomic mass is 9.97. The highest BCUT2D eigenvalue weighted by atomic mass is 35.5. The number of hydrogen-bond donors (Lipinski definition) is 0. The maximum absolute atomic E-state index is 7.37. The first-order valence-corrected chi connectivity index (χ1v) is 18.2. The van der Waals surface area contributed by atoms with Gasteiger partial charge in [0.05, 0.1) is 11.6 Å². The lowest BCUT2D eigenvalue weighted by Gasteiger charge is -2.43. The lowest BCUT2D eigenvalue weighted by molar-refractivity contribution is 0.299. The van der Waals surface area contributed by atoms with Gasteiger partial charge in [-0.3, -0.25) is 0 Å². The Balaban J connectivity index is 1.49. The molecule has 0 spiro atoms. The fourth-order valence-corrected chi connectivity index (χ4v) is 11.8. The van der Waals surface area contributed by atoms with Crippen molar-refractivity contribution in [1.29, 1.82) is 0 Å². The first kappa shape index (κ1) is 31.1. The topological polar surface area (TPSA) is 14.2 Å². The summed E-state index contributed by atoms with van der Waals surface area (Å²) in [5.41, 5.74) is 5.88. The van der Waals surface area contributed by atoms with E-state index < -0.39 is 8.32 Å².